The van der Waals surface area contributed by atoms with Crippen LogP contribution in [0, 0.1) is 0 Å². The lowest BCUT2D eigenvalue weighted by molar-refractivity contribution is 0.0440. The molecule has 1 aliphatic heterocycles. The van der Waals surface area contributed by atoms with E-state index in [1.165, 1.54) is 5.56 Å². The molecular weight excluding hydrogens is 214 g/mol. The topological polar surface area (TPSA) is 44.5 Å². The monoisotopic (exact) mass is 233 g/mol. The summed E-state index contributed by atoms with van der Waals surface area (Å²) in [4.78, 5) is 0. The van der Waals surface area contributed by atoms with Gasteiger partial charge in [-0.25, -0.2) is 0 Å². The molecule has 0 bridgehead atoms. The predicted molar refractivity (Wildman–Crippen MR) is 66.2 cm³/mol. The minimum atomic E-state index is 0.340. The second-order valence-electron chi connectivity index (χ2n) is 5.07. The lowest BCUT2D eigenvalue weighted by atomic mass is 10.0. The second-order valence-corrected chi connectivity index (χ2v) is 5.07. The van der Waals surface area contributed by atoms with Crippen molar-refractivity contribution in [3.8, 4) is 5.75 Å². The Kier molecular flexibility index (Phi) is 3.04. The molecule has 1 aliphatic carbocycles. The van der Waals surface area contributed by atoms with E-state index in [-0.39, 0.29) is 0 Å². The van der Waals surface area contributed by atoms with Crippen LogP contribution in [-0.4, -0.2) is 25.4 Å². The zero-order chi connectivity index (χ0) is 11.7. The number of rotatable bonds is 3. The molecule has 0 spiro atoms. The van der Waals surface area contributed by atoms with Crippen molar-refractivity contribution < 1.29 is 9.47 Å². The van der Waals surface area contributed by atoms with E-state index in [0.717, 1.165) is 38.2 Å². The molecule has 92 valence electrons. The van der Waals surface area contributed by atoms with Crippen molar-refractivity contribution in [1.29, 1.82) is 0 Å². The molecule has 2 aliphatic rings. The molecule has 3 unspecified atom stereocenters. The van der Waals surface area contributed by atoms with Crippen LogP contribution in [0.4, 0.5) is 0 Å². The number of ether oxygens (including phenoxy) is 2. The van der Waals surface area contributed by atoms with E-state index >= 15 is 0 Å². The van der Waals surface area contributed by atoms with Gasteiger partial charge in [-0.15, -0.1) is 0 Å². The van der Waals surface area contributed by atoms with Gasteiger partial charge in [0.1, 0.15) is 5.75 Å². The Balaban J connectivity index is 1.57. The maximum atomic E-state index is 5.95. The van der Waals surface area contributed by atoms with Crippen LogP contribution in [0.2, 0.25) is 0 Å². The van der Waals surface area contributed by atoms with Gasteiger partial charge >= 0.3 is 0 Å². The molecule has 0 radical (unpaired) electrons. The average molecular weight is 233 g/mol. The molecule has 3 heteroatoms. The Bertz CT molecular complexity index is 394. The lowest BCUT2D eigenvalue weighted by Crippen LogP contribution is -2.19. The van der Waals surface area contributed by atoms with Gasteiger partial charge in [0.2, 0.25) is 0 Å². The minimum absolute atomic E-state index is 0.340. The molecule has 1 saturated carbocycles. The maximum Gasteiger partial charge on any atom is 0.123 e. The van der Waals surface area contributed by atoms with Crippen molar-refractivity contribution in [2.45, 2.75) is 37.3 Å². The third-order valence-electron chi connectivity index (χ3n) is 3.76. The summed E-state index contributed by atoms with van der Waals surface area (Å²) in [6.07, 6.45) is 3.58. The molecule has 1 aromatic carbocycles. The van der Waals surface area contributed by atoms with Gasteiger partial charge in [-0.2, -0.15) is 0 Å². The van der Waals surface area contributed by atoms with Gasteiger partial charge in [-0.1, -0.05) is 18.2 Å². The third kappa shape index (κ3) is 2.31. The van der Waals surface area contributed by atoms with Crippen LogP contribution in [0.1, 0.15) is 30.7 Å². The zero-order valence-electron chi connectivity index (χ0n) is 9.97. The van der Waals surface area contributed by atoms with Crippen LogP contribution in [-0.2, 0) is 4.74 Å². The first kappa shape index (κ1) is 11.1. The van der Waals surface area contributed by atoms with Gasteiger partial charge < -0.3 is 15.2 Å². The zero-order valence-corrected chi connectivity index (χ0v) is 9.97. The molecule has 2 N–H and O–H groups in total. The Labute approximate surface area is 102 Å². The molecule has 17 heavy (non-hydrogen) atoms. The van der Waals surface area contributed by atoms with Gasteiger partial charge in [0, 0.05) is 17.5 Å². The summed E-state index contributed by atoms with van der Waals surface area (Å²) in [5, 5.41) is 0. The number of fused-ring (bicyclic) bond motifs is 1. The molecule has 3 nitrogen and oxygen atoms in total. The van der Waals surface area contributed by atoms with Crippen molar-refractivity contribution in [3.63, 3.8) is 0 Å². The summed E-state index contributed by atoms with van der Waals surface area (Å²) >= 11 is 0. The first-order chi connectivity index (χ1) is 8.33. The number of para-hydroxylation sites is 1. The molecule has 0 aromatic heterocycles. The Morgan fingerprint density at radius 2 is 2.18 bits per heavy atom. The largest absolute Gasteiger partial charge is 0.493 e. The van der Waals surface area contributed by atoms with Gasteiger partial charge in [0.15, 0.2) is 0 Å². The summed E-state index contributed by atoms with van der Waals surface area (Å²) in [5.41, 5.74) is 7.17. The molecular formula is C14H19NO2. The van der Waals surface area contributed by atoms with E-state index in [1.807, 2.05) is 12.1 Å². The van der Waals surface area contributed by atoms with Crippen molar-refractivity contribution in [1.82, 2.24) is 0 Å². The average Bonchev–Trinajstić information content (AvgIpc) is 2.93. The highest BCUT2D eigenvalue weighted by Gasteiger charge is 2.27. The van der Waals surface area contributed by atoms with Crippen LogP contribution < -0.4 is 10.5 Å². The fraction of sp³-hybridized carbons (Fsp3) is 0.571. The fourth-order valence-electron chi connectivity index (χ4n) is 2.74. The van der Waals surface area contributed by atoms with E-state index in [4.69, 9.17) is 15.2 Å². The molecule has 1 heterocycles. The van der Waals surface area contributed by atoms with Crippen molar-refractivity contribution in [3.05, 3.63) is 29.8 Å². The number of benzene rings is 1. The standard InChI is InChI=1S/C14H19NO2/c15-11-5-6-12(7-11)16-8-10-9-17-14-4-2-1-3-13(10)14/h1-4,10-12H,5-9,15H2. The number of hydrogen-bond acceptors (Lipinski definition) is 3. The summed E-state index contributed by atoms with van der Waals surface area (Å²) in [7, 11) is 0. The molecule has 1 fully saturated rings. The van der Waals surface area contributed by atoms with Gasteiger partial charge in [0.25, 0.3) is 0 Å². The molecule has 1 aromatic rings. The highest BCUT2D eigenvalue weighted by molar-refractivity contribution is 5.39. The Morgan fingerprint density at radius 3 is 3.00 bits per heavy atom. The molecule has 0 saturated heterocycles. The minimum Gasteiger partial charge on any atom is -0.493 e. The smallest absolute Gasteiger partial charge is 0.123 e. The van der Waals surface area contributed by atoms with E-state index in [9.17, 15) is 0 Å². The summed E-state index contributed by atoms with van der Waals surface area (Å²) < 4.78 is 11.6. The highest BCUT2D eigenvalue weighted by Crippen LogP contribution is 2.34. The van der Waals surface area contributed by atoms with Crippen LogP contribution in [0.25, 0.3) is 0 Å². The first-order valence-electron chi connectivity index (χ1n) is 6.42. The van der Waals surface area contributed by atoms with E-state index in [0.29, 0.717) is 18.1 Å². The number of hydrogen-bond donors (Lipinski definition) is 1. The van der Waals surface area contributed by atoms with Crippen LogP contribution in [0.5, 0.6) is 5.75 Å². The third-order valence-corrected chi connectivity index (χ3v) is 3.76. The van der Waals surface area contributed by atoms with Gasteiger partial charge in [-0.05, 0) is 25.3 Å². The van der Waals surface area contributed by atoms with E-state index < -0.39 is 0 Å². The van der Waals surface area contributed by atoms with Crippen molar-refractivity contribution in [2.75, 3.05) is 13.2 Å². The lowest BCUT2D eigenvalue weighted by Gasteiger charge is -2.15. The summed E-state index contributed by atoms with van der Waals surface area (Å²) in [6.45, 7) is 1.51. The van der Waals surface area contributed by atoms with Crippen LogP contribution in [0.3, 0.4) is 0 Å². The quantitative estimate of drug-likeness (QED) is 0.869. The maximum absolute atomic E-state index is 5.95. The van der Waals surface area contributed by atoms with Crippen molar-refractivity contribution >= 4 is 0 Å². The number of nitrogens with two attached hydrogens (primary N) is 1. The van der Waals surface area contributed by atoms with Gasteiger partial charge in [0.05, 0.1) is 19.3 Å². The summed E-state index contributed by atoms with van der Waals surface area (Å²) in [5.74, 6) is 1.41. The van der Waals surface area contributed by atoms with Crippen LogP contribution in [0.15, 0.2) is 24.3 Å². The predicted octanol–water partition coefficient (Wildman–Crippen LogP) is 2.06. The first-order valence-corrected chi connectivity index (χ1v) is 6.42. The van der Waals surface area contributed by atoms with Crippen molar-refractivity contribution in [2.24, 2.45) is 5.73 Å². The molecule has 3 atom stereocenters. The highest BCUT2D eigenvalue weighted by atomic mass is 16.5. The fourth-order valence-corrected chi connectivity index (χ4v) is 2.74. The van der Waals surface area contributed by atoms with Crippen LogP contribution >= 0.6 is 0 Å². The Morgan fingerprint density at radius 1 is 1.29 bits per heavy atom. The van der Waals surface area contributed by atoms with E-state index in [2.05, 4.69) is 12.1 Å². The Hall–Kier alpha value is -1.06. The SMILES string of the molecule is NC1CCC(OCC2COc3ccccc32)C1. The molecule has 0 amide bonds. The molecule has 3 rings (SSSR count). The second kappa shape index (κ2) is 4.67. The van der Waals surface area contributed by atoms with E-state index in [1.54, 1.807) is 0 Å². The van der Waals surface area contributed by atoms with Gasteiger partial charge in [-0.3, -0.25) is 0 Å². The summed E-state index contributed by atoms with van der Waals surface area (Å²) in [6, 6.07) is 8.58. The normalized spacial score (nSPS) is 31.2.